The molecule has 3 rings (SSSR count). The van der Waals surface area contributed by atoms with Gasteiger partial charge in [-0.1, -0.05) is 74.5 Å². The molecule has 2 amide bonds. The first-order valence-corrected chi connectivity index (χ1v) is 14.9. The van der Waals surface area contributed by atoms with Crippen LogP contribution in [0.25, 0.3) is 0 Å². The number of hydrogen-bond donors (Lipinski definition) is 4. The monoisotopic (exact) mass is 682 g/mol. The van der Waals surface area contributed by atoms with E-state index >= 15 is 0 Å². The van der Waals surface area contributed by atoms with Crippen LogP contribution in [0.5, 0.6) is 0 Å². The zero-order chi connectivity index (χ0) is 35.2. The molecule has 14 heteroatoms. The Bertz CT molecular complexity index is 1500. The summed E-state index contributed by atoms with van der Waals surface area (Å²) in [5, 5.41) is 10.7. The molecule has 3 atom stereocenters. The van der Waals surface area contributed by atoms with Crippen LogP contribution in [0.4, 0.5) is 36.8 Å². The second-order valence-corrected chi connectivity index (χ2v) is 12.5. The van der Waals surface area contributed by atoms with E-state index in [-0.39, 0.29) is 17.1 Å². The molecular formula is C33H36F6N4O3S. The summed E-state index contributed by atoms with van der Waals surface area (Å²) in [5.74, 6) is -0.956. The van der Waals surface area contributed by atoms with Gasteiger partial charge in [0.15, 0.2) is 5.11 Å². The van der Waals surface area contributed by atoms with E-state index in [4.69, 9.17) is 17.0 Å². The summed E-state index contributed by atoms with van der Waals surface area (Å²) in [6, 6.07) is 15.5. The fraction of sp³-hybridized carbons (Fsp3) is 0.364. The lowest BCUT2D eigenvalue weighted by Gasteiger charge is -2.33. The van der Waals surface area contributed by atoms with Crippen LogP contribution in [0.1, 0.15) is 69.0 Å². The van der Waals surface area contributed by atoms with Crippen molar-refractivity contribution in [3.63, 3.8) is 0 Å². The van der Waals surface area contributed by atoms with E-state index in [1.165, 1.54) is 0 Å². The van der Waals surface area contributed by atoms with E-state index in [1.54, 1.807) is 95.3 Å². The SMILES string of the molecule is CC(C)[C@H](NC(=O)OC(C)(C)C)C(=O)N[C@@H](c1ccccc1)[C@@H](NC(=S)Nc1cc(C(F)(F)F)cc(C(F)(F)F)c1)c1ccccc1. The van der Waals surface area contributed by atoms with Crippen LogP contribution in [0.2, 0.25) is 0 Å². The average Bonchev–Trinajstić information content (AvgIpc) is 2.96. The number of anilines is 1. The number of amides is 2. The number of alkyl halides is 6. The molecular weight excluding hydrogens is 646 g/mol. The van der Waals surface area contributed by atoms with Crippen molar-refractivity contribution in [1.29, 1.82) is 0 Å². The molecule has 0 radical (unpaired) electrons. The minimum Gasteiger partial charge on any atom is -0.444 e. The third kappa shape index (κ3) is 11.2. The fourth-order valence-electron chi connectivity index (χ4n) is 4.59. The van der Waals surface area contributed by atoms with Crippen LogP contribution in [0, 0.1) is 5.92 Å². The Morgan fingerprint density at radius 2 is 1.15 bits per heavy atom. The molecule has 3 aromatic carbocycles. The summed E-state index contributed by atoms with van der Waals surface area (Å²) >= 11 is 5.40. The van der Waals surface area contributed by atoms with Gasteiger partial charge < -0.3 is 26.0 Å². The zero-order valence-electron chi connectivity index (χ0n) is 26.2. The Morgan fingerprint density at radius 1 is 0.702 bits per heavy atom. The van der Waals surface area contributed by atoms with Crippen LogP contribution >= 0.6 is 12.2 Å². The summed E-state index contributed by atoms with van der Waals surface area (Å²) in [5.41, 5.74) is -3.22. The van der Waals surface area contributed by atoms with Gasteiger partial charge in [0.25, 0.3) is 0 Å². The van der Waals surface area contributed by atoms with Gasteiger partial charge in [-0.15, -0.1) is 0 Å². The number of ether oxygens (including phenoxy) is 1. The lowest BCUT2D eigenvalue weighted by molar-refractivity contribution is -0.143. The van der Waals surface area contributed by atoms with Gasteiger partial charge in [0, 0.05) is 5.69 Å². The molecule has 0 unspecified atom stereocenters. The van der Waals surface area contributed by atoms with Gasteiger partial charge in [0.05, 0.1) is 23.2 Å². The standard InChI is InChI=1S/C33H36F6N4O3S/c1-19(2)25(43-30(45)46-31(3,4)5)28(44)41-26(20-12-8-6-9-13-20)27(21-14-10-7-11-15-21)42-29(47)40-24-17-22(32(34,35)36)16-23(18-24)33(37,38)39/h6-19,25-27H,1-5H3,(H,41,44)(H,43,45)(H2,40,42,47)/t25-,26-,27-/m0/s1. The van der Waals surface area contributed by atoms with Gasteiger partial charge in [-0.05, 0) is 68.2 Å². The van der Waals surface area contributed by atoms with Gasteiger partial charge in [-0.25, -0.2) is 4.79 Å². The van der Waals surface area contributed by atoms with Crippen LogP contribution in [-0.2, 0) is 21.9 Å². The van der Waals surface area contributed by atoms with E-state index in [9.17, 15) is 35.9 Å². The van der Waals surface area contributed by atoms with Crippen LogP contribution in [0.3, 0.4) is 0 Å². The van der Waals surface area contributed by atoms with Crippen molar-refractivity contribution in [2.24, 2.45) is 5.92 Å². The Kier molecular flexibility index (Phi) is 11.9. The summed E-state index contributed by atoms with van der Waals surface area (Å²) in [6.07, 6.45) is -10.9. The number of thiocarbonyl (C=S) groups is 1. The van der Waals surface area contributed by atoms with Crippen molar-refractivity contribution in [3.8, 4) is 0 Å². The van der Waals surface area contributed by atoms with Gasteiger partial charge in [0.2, 0.25) is 5.91 Å². The van der Waals surface area contributed by atoms with Crippen LogP contribution < -0.4 is 21.3 Å². The third-order valence-electron chi connectivity index (χ3n) is 6.70. The number of alkyl carbamates (subject to hydrolysis) is 1. The van der Waals surface area contributed by atoms with Crippen LogP contribution in [-0.4, -0.2) is 28.8 Å². The molecule has 4 N–H and O–H groups in total. The Hall–Kier alpha value is -4.33. The molecule has 254 valence electrons. The smallest absolute Gasteiger partial charge is 0.416 e. The Morgan fingerprint density at radius 3 is 1.55 bits per heavy atom. The molecule has 3 aromatic rings. The second kappa shape index (κ2) is 15.1. The zero-order valence-corrected chi connectivity index (χ0v) is 27.0. The fourth-order valence-corrected chi connectivity index (χ4v) is 4.83. The summed E-state index contributed by atoms with van der Waals surface area (Å²) in [7, 11) is 0. The molecule has 47 heavy (non-hydrogen) atoms. The Labute approximate surface area is 274 Å². The Balaban J connectivity index is 2.00. The summed E-state index contributed by atoms with van der Waals surface area (Å²) in [4.78, 5) is 26.4. The van der Waals surface area contributed by atoms with E-state index in [0.29, 0.717) is 23.3 Å². The first kappa shape index (κ1) is 37.1. The molecule has 0 fully saturated rings. The van der Waals surface area contributed by atoms with Crippen molar-refractivity contribution in [2.45, 2.75) is 70.7 Å². The van der Waals surface area contributed by atoms with Crippen molar-refractivity contribution in [3.05, 3.63) is 101 Å². The first-order valence-electron chi connectivity index (χ1n) is 14.5. The molecule has 0 bridgehead atoms. The third-order valence-corrected chi connectivity index (χ3v) is 6.92. The topological polar surface area (TPSA) is 91.5 Å². The van der Waals surface area contributed by atoms with Crippen molar-refractivity contribution in [1.82, 2.24) is 16.0 Å². The largest absolute Gasteiger partial charge is 0.444 e. The van der Waals surface area contributed by atoms with E-state index in [2.05, 4.69) is 21.3 Å². The van der Waals surface area contributed by atoms with Crippen molar-refractivity contribution < 1.29 is 40.7 Å². The molecule has 0 saturated heterocycles. The van der Waals surface area contributed by atoms with E-state index in [1.807, 2.05) is 0 Å². The lowest BCUT2D eigenvalue weighted by atomic mass is 9.92. The molecule has 0 aliphatic carbocycles. The van der Waals surface area contributed by atoms with Gasteiger partial charge in [-0.2, -0.15) is 26.3 Å². The molecule has 0 aliphatic heterocycles. The predicted molar refractivity (Wildman–Crippen MR) is 170 cm³/mol. The minimum atomic E-state index is -5.05. The van der Waals surface area contributed by atoms with Gasteiger partial charge in [0.1, 0.15) is 11.6 Å². The molecule has 0 saturated carbocycles. The van der Waals surface area contributed by atoms with Crippen LogP contribution in [0.15, 0.2) is 78.9 Å². The maximum atomic E-state index is 13.8. The number of nitrogens with one attached hydrogen (secondary N) is 4. The number of carbonyl (C=O) groups is 2. The normalized spacial score (nSPS) is 14.0. The molecule has 0 spiro atoms. The average molecular weight is 683 g/mol. The number of halogens is 6. The number of rotatable bonds is 9. The van der Waals surface area contributed by atoms with Gasteiger partial charge in [-0.3, -0.25) is 4.79 Å². The van der Waals surface area contributed by atoms with Crippen molar-refractivity contribution >= 4 is 35.0 Å². The van der Waals surface area contributed by atoms with E-state index < -0.39 is 64.9 Å². The number of benzene rings is 3. The lowest BCUT2D eigenvalue weighted by Crippen LogP contribution is -2.53. The first-order chi connectivity index (χ1) is 21.7. The summed E-state index contributed by atoms with van der Waals surface area (Å²) < 4.78 is 86.2. The minimum absolute atomic E-state index is 0.0197. The quantitative estimate of drug-likeness (QED) is 0.135. The highest BCUT2D eigenvalue weighted by Gasteiger charge is 2.37. The highest BCUT2D eigenvalue weighted by atomic mass is 32.1. The predicted octanol–water partition coefficient (Wildman–Crippen LogP) is 8.16. The molecule has 7 nitrogen and oxygen atoms in total. The maximum absolute atomic E-state index is 13.8. The molecule has 0 aromatic heterocycles. The molecule has 0 aliphatic rings. The highest BCUT2D eigenvalue weighted by Crippen LogP contribution is 2.38. The number of hydrogen-bond acceptors (Lipinski definition) is 4. The highest BCUT2D eigenvalue weighted by molar-refractivity contribution is 7.80. The second-order valence-electron chi connectivity index (χ2n) is 12.0. The summed E-state index contributed by atoms with van der Waals surface area (Å²) in [6.45, 7) is 8.50. The molecule has 0 heterocycles. The van der Waals surface area contributed by atoms with Crippen molar-refractivity contribution in [2.75, 3.05) is 5.32 Å². The van der Waals surface area contributed by atoms with E-state index in [0.717, 1.165) is 0 Å². The number of carbonyl (C=O) groups excluding carboxylic acids is 2. The maximum Gasteiger partial charge on any atom is 0.416 e. The van der Waals surface area contributed by atoms with Gasteiger partial charge >= 0.3 is 18.4 Å².